The highest BCUT2D eigenvalue weighted by Gasteiger charge is 2.21. The third-order valence-electron chi connectivity index (χ3n) is 3.31. The number of unbranched alkanes of at least 4 members (excludes halogenated alkanes) is 1. The van der Waals surface area contributed by atoms with Gasteiger partial charge in [-0.2, -0.15) is 0 Å². The van der Waals surface area contributed by atoms with Crippen LogP contribution in [0.2, 0.25) is 0 Å². The van der Waals surface area contributed by atoms with Crippen LogP contribution in [0.15, 0.2) is 29.3 Å². The highest BCUT2D eigenvalue weighted by atomic mass is 35.7. The zero-order valence-corrected chi connectivity index (χ0v) is 13.6. The van der Waals surface area contributed by atoms with Crippen LogP contribution < -0.4 is 4.74 Å². The lowest BCUT2D eigenvalue weighted by Gasteiger charge is -2.06. The van der Waals surface area contributed by atoms with Crippen molar-refractivity contribution in [1.29, 1.82) is 0 Å². The van der Waals surface area contributed by atoms with Crippen molar-refractivity contribution in [3.63, 3.8) is 0 Å². The molecule has 0 radical (unpaired) electrons. The van der Waals surface area contributed by atoms with E-state index in [1.807, 2.05) is 16.7 Å². The van der Waals surface area contributed by atoms with E-state index in [9.17, 15) is 8.42 Å². The van der Waals surface area contributed by atoms with E-state index in [-0.39, 0.29) is 4.90 Å². The predicted octanol–water partition coefficient (Wildman–Crippen LogP) is 3.00. The molecule has 1 heterocycles. The Kier molecular flexibility index (Phi) is 5.13. The van der Waals surface area contributed by atoms with Crippen LogP contribution in [0.1, 0.15) is 12.8 Å². The van der Waals surface area contributed by atoms with Gasteiger partial charge in [0.25, 0.3) is 9.05 Å². The van der Waals surface area contributed by atoms with Crippen LogP contribution in [-0.2, 0) is 20.3 Å². The maximum absolute atomic E-state index is 11.8. The molecule has 0 N–H and O–H groups in total. The van der Waals surface area contributed by atoms with Gasteiger partial charge < -0.3 is 14.0 Å². The van der Waals surface area contributed by atoms with Crippen LogP contribution in [0.25, 0.3) is 10.9 Å². The summed E-state index contributed by atoms with van der Waals surface area (Å²) in [6, 6.07) is 5.42. The van der Waals surface area contributed by atoms with Gasteiger partial charge in [0.05, 0.1) is 18.0 Å². The SMILES string of the molecule is COCCCCn1cc(S(=O)(=O)Cl)c2c(OC)cccc21. The topological polar surface area (TPSA) is 57.5 Å². The molecule has 116 valence electrons. The second-order valence-electron chi connectivity index (χ2n) is 4.68. The van der Waals surface area contributed by atoms with E-state index in [0.717, 1.165) is 18.4 Å². The number of aromatic nitrogens is 1. The monoisotopic (exact) mass is 331 g/mol. The number of rotatable bonds is 7. The van der Waals surface area contributed by atoms with Crippen molar-refractivity contribution in [1.82, 2.24) is 4.57 Å². The molecule has 0 spiro atoms. The Morgan fingerprint density at radius 1 is 1.24 bits per heavy atom. The van der Waals surface area contributed by atoms with Crippen molar-refractivity contribution in [3.8, 4) is 5.75 Å². The largest absolute Gasteiger partial charge is 0.496 e. The number of hydrogen-bond acceptors (Lipinski definition) is 4. The van der Waals surface area contributed by atoms with Crippen LogP contribution >= 0.6 is 10.7 Å². The predicted molar refractivity (Wildman–Crippen MR) is 82.6 cm³/mol. The molecule has 2 aromatic rings. The number of fused-ring (bicyclic) bond motifs is 1. The molecule has 0 aliphatic rings. The van der Waals surface area contributed by atoms with Crippen LogP contribution in [0, 0.1) is 0 Å². The maximum Gasteiger partial charge on any atom is 0.263 e. The molecule has 0 saturated heterocycles. The summed E-state index contributed by atoms with van der Waals surface area (Å²) in [6.45, 7) is 1.38. The number of ether oxygens (including phenoxy) is 2. The molecule has 0 aliphatic heterocycles. The Bertz CT molecular complexity index is 724. The first-order chi connectivity index (χ1) is 9.99. The van der Waals surface area contributed by atoms with E-state index in [2.05, 4.69) is 0 Å². The number of methoxy groups -OCH3 is 2. The Morgan fingerprint density at radius 2 is 2.00 bits per heavy atom. The highest BCUT2D eigenvalue weighted by Crippen LogP contribution is 2.35. The summed E-state index contributed by atoms with van der Waals surface area (Å²) in [5, 5.41) is 0.529. The second kappa shape index (κ2) is 6.68. The molecule has 0 aliphatic carbocycles. The fourth-order valence-electron chi connectivity index (χ4n) is 2.35. The van der Waals surface area contributed by atoms with Gasteiger partial charge in [0.15, 0.2) is 0 Å². The van der Waals surface area contributed by atoms with Crippen molar-refractivity contribution in [3.05, 3.63) is 24.4 Å². The Balaban J connectivity index is 2.48. The van der Waals surface area contributed by atoms with Gasteiger partial charge in [0, 0.05) is 37.1 Å². The summed E-state index contributed by atoms with van der Waals surface area (Å²) in [7, 11) is 4.89. The van der Waals surface area contributed by atoms with Gasteiger partial charge in [-0.15, -0.1) is 0 Å². The van der Waals surface area contributed by atoms with Gasteiger partial charge >= 0.3 is 0 Å². The van der Waals surface area contributed by atoms with Crippen molar-refractivity contribution in [2.75, 3.05) is 20.8 Å². The van der Waals surface area contributed by atoms with Gasteiger partial charge in [0.1, 0.15) is 10.6 Å². The Hall–Kier alpha value is -1.24. The molecule has 2 rings (SSSR count). The molecule has 7 heteroatoms. The zero-order chi connectivity index (χ0) is 15.5. The van der Waals surface area contributed by atoms with E-state index >= 15 is 0 Å². The van der Waals surface area contributed by atoms with E-state index in [1.54, 1.807) is 19.4 Å². The first-order valence-corrected chi connectivity index (χ1v) is 8.89. The summed E-state index contributed by atoms with van der Waals surface area (Å²) in [5.74, 6) is 0.502. The summed E-state index contributed by atoms with van der Waals surface area (Å²) in [4.78, 5) is 0.0864. The fourth-order valence-corrected chi connectivity index (χ4v) is 3.40. The molecule has 0 saturated carbocycles. The van der Waals surface area contributed by atoms with E-state index < -0.39 is 9.05 Å². The van der Waals surface area contributed by atoms with Crippen LogP contribution in [0.3, 0.4) is 0 Å². The fraction of sp³-hybridized carbons (Fsp3) is 0.429. The van der Waals surface area contributed by atoms with Crippen molar-refractivity contribution in [2.24, 2.45) is 0 Å². The number of aryl methyl sites for hydroxylation is 1. The molecule has 0 unspecified atom stereocenters. The first-order valence-electron chi connectivity index (χ1n) is 6.58. The number of halogens is 1. The molecule has 0 atom stereocenters. The average Bonchev–Trinajstić information content (AvgIpc) is 2.82. The number of hydrogen-bond donors (Lipinski definition) is 0. The molecule has 21 heavy (non-hydrogen) atoms. The number of benzene rings is 1. The Morgan fingerprint density at radius 3 is 2.62 bits per heavy atom. The smallest absolute Gasteiger partial charge is 0.263 e. The standard InChI is InChI=1S/C14H18ClNO4S/c1-19-9-4-3-8-16-10-13(21(15,17)18)14-11(16)6-5-7-12(14)20-2/h5-7,10H,3-4,8-9H2,1-2H3. The minimum atomic E-state index is -3.83. The molecule has 5 nitrogen and oxygen atoms in total. The van der Waals surface area contributed by atoms with Crippen LogP contribution in [0.5, 0.6) is 5.75 Å². The third-order valence-corrected chi connectivity index (χ3v) is 4.65. The lowest BCUT2D eigenvalue weighted by molar-refractivity contribution is 0.191. The number of nitrogens with zero attached hydrogens (tertiary/aromatic N) is 1. The molecule has 1 aromatic heterocycles. The summed E-state index contributed by atoms with van der Waals surface area (Å²) >= 11 is 0. The third kappa shape index (κ3) is 3.51. The van der Waals surface area contributed by atoms with Gasteiger partial charge in [-0.05, 0) is 25.0 Å². The minimum Gasteiger partial charge on any atom is -0.496 e. The normalized spacial score (nSPS) is 12.0. The van der Waals surface area contributed by atoms with Crippen LogP contribution in [-0.4, -0.2) is 33.8 Å². The Labute approximate surface area is 128 Å². The summed E-state index contributed by atoms with van der Waals surface area (Å²) in [5.41, 5.74) is 0.797. The van der Waals surface area contributed by atoms with Crippen molar-refractivity contribution < 1.29 is 17.9 Å². The van der Waals surface area contributed by atoms with Gasteiger partial charge in [-0.1, -0.05) is 6.07 Å². The molecule has 0 bridgehead atoms. The lowest BCUT2D eigenvalue weighted by atomic mass is 10.2. The molecular formula is C14H18ClNO4S. The molecule has 1 aromatic carbocycles. The van der Waals surface area contributed by atoms with Crippen molar-refractivity contribution in [2.45, 2.75) is 24.3 Å². The minimum absolute atomic E-state index is 0.0864. The molecule has 0 fully saturated rings. The van der Waals surface area contributed by atoms with Gasteiger partial charge in [-0.25, -0.2) is 8.42 Å². The first kappa shape index (κ1) is 16.1. The quantitative estimate of drug-likeness (QED) is 0.578. The zero-order valence-electron chi connectivity index (χ0n) is 12.0. The second-order valence-corrected chi connectivity index (χ2v) is 7.21. The lowest BCUT2D eigenvalue weighted by Crippen LogP contribution is -1.98. The molecular weight excluding hydrogens is 314 g/mol. The van der Waals surface area contributed by atoms with E-state index in [0.29, 0.717) is 24.3 Å². The van der Waals surface area contributed by atoms with Crippen LogP contribution in [0.4, 0.5) is 0 Å². The average molecular weight is 332 g/mol. The van der Waals surface area contributed by atoms with Crippen molar-refractivity contribution >= 4 is 30.6 Å². The van der Waals surface area contributed by atoms with Gasteiger partial charge in [-0.3, -0.25) is 0 Å². The highest BCUT2D eigenvalue weighted by molar-refractivity contribution is 8.14. The summed E-state index contributed by atoms with van der Waals surface area (Å²) < 4.78 is 35.7. The van der Waals surface area contributed by atoms with E-state index in [4.69, 9.17) is 20.2 Å². The van der Waals surface area contributed by atoms with Gasteiger partial charge in [0.2, 0.25) is 0 Å². The van der Waals surface area contributed by atoms with E-state index in [1.165, 1.54) is 7.11 Å². The maximum atomic E-state index is 11.8. The molecule has 0 amide bonds. The summed E-state index contributed by atoms with van der Waals surface area (Å²) in [6.07, 6.45) is 3.36.